The van der Waals surface area contributed by atoms with Gasteiger partial charge in [-0.2, -0.15) is 18.4 Å². The lowest BCUT2D eigenvalue weighted by molar-refractivity contribution is -0.161. The van der Waals surface area contributed by atoms with Gasteiger partial charge in [-0.25, -0.2) is 8.78 Å². The van der Waals surface area contributed by atoms with Crippen LogP contribution in [0.1, 0.15) is 50.6 Å². The van der Waals surface area contributed by atoms with Crippen LogP contribution in [0.4, 0.5) is 22.0 Å². The van der Waals surface area contributed by atoms with E-state index in [2.05, 4.69) is 10.6 Å². The van der Waals surface area contributed by atoms with E-state index in [1.165, 1.54) is 31.2 Å². The van der Waals surface area contributed by atoms with Crippen molar-refractivity contribution in [2.24, 2.45) is 0 Å². The highest BCUT2D eigenvalue weighted by molar-refractivity contribution is 5.83. The third-order valence-electron chi connectivity index (χ3n) is 4.79. The van der Waals surface area contributed by atoms with Crippen LogP contribution in [0.25, 0.3) is 0 Å². The topological polar surface area (TPSA) is 64.9 Å². The fraction of sp³-hybridized carbons (Fsp3) is 0.579. The third-order valence-corrected chi connectivity index (χ3v) is 4.79. The number of hydrogen-bond donors (Lipinski definition) is 2. The molecule has 1 aromatic rings. The fourth-order valence-electron chi connectivity index (χ4n) is 2.76. The van der Waals surface area contributed by atoms with Gasteiger partial charge in [-0.1, -0.05) is 37.3 Å². The van der Waals surface area contributed by atoms with Crippen LogP contribution >= 0.6 is 0 Å². The van der Waals surface area contributed by atoms with Crippen molar-refractivity contribution in [2.75, 3.05) is 0 Å². The van der Waals surface area contributed by atoms with Crippen molar-refractivity contribution >= 4 is 5.91 Å². The maximum Gasteiger partial charge on any atom is 0.407 e. The van der Waals surface area contributed by atoms with Gasteiger partial charge in [0.25, 0.3) is 0 Å². The Balaban J connectivity index is 2.23. The first-order chi connectivity index (χ1) is 13.0. The average molecular weight is 403 g/mol. The van der Waals surface area contributed by atoms with E-state index in [0.29, 0.717) is 12.8 Å². The number of halogens is 5. The van der Waals surface area contributed by atoms with E-state index >= 15 is 0 Å². The normalized spacial score (nSPS) is 18.0. The first-order valence-corrected chi connectivity index (χ1v) is 9.01. The van der Waals surface area contributed by atoms with E-state index in [4.69, 9.17) is 5.26 Å². The zero-order chi connectivity index (χ0) is 21.0. The van der Waals surface area contributed by atoms with Crippen LogP contribution in [0.2, 0.25) is 0 Å². The minimum Gasteiger partial charge on any atom is -0.336 e. The van der Waals surface area contributed by atoms with Gasteiger partial charge in [-0.15, -0.1) is 0 Å². The van der Waals surface area contributed by atoms with Crippen molar-refractivity contribution in [3.63, 3.8) is 0 Å². The highest BCUT2D eigenvalue weighted by Crippen LogP contribution is 2.36. The van der Waals surface area contributed by atoms with Crippen molar-refractivity contribution in [1.29, 1.82) is 5.26 Å². The standard InChI is InChI=1S/C19H22F5N3O/c1-2-18(20,21)9-8-14(16(28)27-17(12-25)10-11-17)26-15(19(22,23)24)13-6-4-3-5-7-13/h3-7,14-15,26H,2,8-11H2,1H3,(H,27,28)/t14-,15-/m0/s1. The Morgan fingerprint density at radius 1 is 1.21 bits per heavy atom. The highest BCUT2D eigenvalue weighted by Gasteiger charge is 2.47. The zero-order valence-corrected chi connectivity index (χ0v) is 15.3. The lowest BCUT2D eigenvalue weighted by Gasteiger charge is -2.29. The molecule has 0 unspecified atom stereocenters. The molecule has 0 aliphatic heterocycles. The second kappa shape index (κ2) is 8.43. The Bertz CT molecular complexity index is 711. The maximum atomic E-state index is 13.7. The summed E-state index contributed by atoms with van der Waals surface area (Å²) in [5.41, 5.74) is -1.23. The number of nitriles is 1. The van der Waals surface area contributed by atoms with Crippen LogP contribution in [0.3, 0.4) is 0 Å². The van der Waals surface area contributed by atoms with Gasteiger partial charge >= 0.3 is 6.18 Å². The van der Waals surface area contributed by atoms with E-state index in [-0.39, 0.29) is 5.56 Å². The van der Waals surface area contributed by atoms with Gasteiger partial charge in [-0.3, -0.25) is 10.1 Å². The smallest absolute Gasteiger partial charge is 0.336 e. The van der Waals surface area contributed by atoms with E-state index in [1.54, 1.807) is 6.07 Å². The number of alkyl halides is 5. The van der Waals surface area contributed by atoms with Crippen molar-refractivity contribution < 1.29 is 26.7 Å². The van der Waals surface area contributed by atoms with E-state index < -0.39 is 54.9 Å². The number of benzene rings is 1. The molecule has 0 heterocycles. The molecule has 1 aliphatic rings. The summed E-state index contributed by atoms with van der Waals surface area (Å²) in [7, 11) is 0. The molecule has 1 amide bonds. The molecule has 1 fully saturated rings. The van der Waals surface area contributed by atoms with Crippen LogP contribution in [-0.2, 0) is 4.79 Å². The molecule has 0 spiro atoms. The van der Waals surface area contributed by atoms with Gasteiger partial charge in [0.1, 0.15) is 11.6 Å². The number of rotatable bonds is 9. The van der Waals surface area contributed by atoms with E-state index in [0.717, 1.165) is 0 Å². The molecular formula is C19H22F5N3O. The molecule has 1 aliphatic carbocycles. The van der Waals surface area contributed by atoms with Crippen LogP contribution in [0, 0.1) is 11.3 Å². The molecule has 1 saturated carbocycles. The molecule has 4 nitrogen and oxygen atoms in total. The Hall–Kier alpha value is -2.21. The zero-order valence-electron chi connectivity index (χ0n) is 15.3. The predicted molar refractivity (Wildman–Crippen MR) is 92.4 cm³/mol. The van der Waals surface area contributed by atoms with Gasteiger partial charge in [0.15, 0.2) is 0 Å². The molecule has 0 aromatic heterocycles. The summed E-state index contributed by atoms with van der Waals surface area (Å²) in [6.45, 7) is 1.26. The van der Waals surface area contributed by atoms with Crippen LogP contribution in [0.5, 0.6) is 0 Å². The Kier molecular flexibility index (Phi) is 6.65. The summed E-state index contributed by atoms with van der Waals surface area (Å²) in [5.74, 6) is -3.97. The van der Waals surface area contributed by atoms with Crippen molar-refractivity contribution in [1.82, 2.24) is 10.6 Å². The third kappa shape index (κ3) is 5.89. The molecule has 1 aromatic carbocycles. The Labute approximate surface area is 160 Å². The second-order valence-electron chi connectivity index (χ2n) is 7.04. The monoisotopic (exact) mass is 403 g/mol. The van der Waals surface area contributed by atoms with Crippen molar-refractivity contribution in [2.45, 2.75) is 68.7 Å². The quantitative estimate of drug-likeness (QED) is 0.606. The van der Waals surface area contributed by atoms with Crippen LogP contribution in [0.15, 0.2) is 30.3 Å². The summed E-state index contributed by atoms with van der Waals surface area (Å²) in [5, 5.41) is 13.7. The molecule has 2 atom stereocenters. The molecule has 154 valence electrons. The largest absolute Gasteiger partial charge is 0.407 e. The number of carbonyl (C=O) groups is 1. The fourth-order valence-corrected chi connectivity index (χ4v) is 2.76. The summed E-state index contributed by atoms with van der Waals surface area (Å²) >= 11 is 0. The minimum atomic E-state index is -4.74. The van der Waals surface area contributed by atoms with Crippen LogP contribution < -0.4 is 10.6 Å². The lowest BCUT2D eigenvalue weighted by Crippen LogP contribution is -2.52. The first kappa shape index (κ1) is 22.1. The molecule has 28 heavy (non-hydrogen) atoms. The minimum absolute atomic E-state index is 0.128. The Morgan fingerprint density at radius 3 is 2.29 bits per heavy atom. The maximum absolute atomic E-state index is 13.7. The number of amides is 1. The van der Waals surface area contributed by atoms with Gasteiger partial charge in [0.05, 0.1) is 12.1 Å². The Morgan fingerprint density at radius 2 is 1.82 bits per heavy atom. The van der Waals surface area contributed by atoms with Crippen LogP contribution in [-0.4, -0.2) is 29.6 Å². The van der Waals surface area contributed by atoms with Gasteiger partial charge in [0, 0.05) is 12.8 Å². The molecule has 0 radical (unpaired) electrons. The van der Waals surface area contributed by atoms with Gasteiger partial charge in [-0.05, 0) is 24.8 Å². The SMILES string of the molecule is CCC(F)(F)CC[C@H](N[C@@H](c1ccccc1)C(F)(F)F)C(=O)NC1(C#N)CC1. The molecule has 2 rings (SSSR count). The molecule has 0 saturated heterocycles. The summed E-state index contributed by atoms with van der Waals surface area (Å²) in [4.78, 5) is 12.5. The lowest BCUT2D eigenvalue weighted by atomic mass is 10.0. The number of nitrogens with zero attached hydrogens (tertiary/aromatic N) is 1. The van der Waals surface area contributed by atoms with Crippen molar-refractivity contribution in [3.05, 3.63) is 35.9 Å². The molecular weight excluding hydrogens is 381 g/mol. The predicted octanol–water partition coefficient (Wildman–Crippen LogP) is 4.25. The summed E-state index contributed by atoms with van der Waals surface area (Å²) in [6, 6.07) is 5.08. The number of hydrogen-bond acceptors (Lipinski definition) is 3. The number of nitrogens with one attached hydrogen (secondary N) is 2. The number of carbonyl (C=O) groups excluding carboxylic acids is 1. The first-order valence-electron chi connectivity index (χ1n) is 9.01. The van der Waals surface area contributed by atoms with E-state index in [1.807, 2.05) is 6.07 Å². The van der Waals surface area contributed by atoms with Crippen molar-refractivity contribution in [3.8, 4) is 6.07 Å². The molecule has 0 bridgehead atoms. The van der Waals surface area contributed by atoms with Gasteiger partial charge in [0.2, 0.25) is 11.8 Å². The second-order valence-corrected chi connectivity index (χ2v) is 7.04. The van der Waals surface area contributed by atoms with E-state index in [9.17, 15) is 26.7 Å². The summed E-state index contributed by atoms with van der Waals surface area (Å²) < 4.78 is 68.1. The average Bonchev–Trinajstić information content (AvgIpc) is 3.41. The van der Waals surface area contributed by atoms with Gasteiger partial charge < -0.3 is 5.32 Å². The highest BCUT2D eigenvalue weighted by atomic mass is 19.4. The molecule has 2 N–H and O–H groups in total. The molecule has 9 heteroatoms. The summed E-state index contributed by atoms with van der Waals surface area (Å²) in [6.07, 6.45) is -5.69.